The molecule has 0 saturated heterocycles. The van der Waals surface area contributed by atoms with Crippen LogP contribution >= 0.6 is 0 Å². The number of nitriles is 1. The molecule has 8 unspecified atom stereocenters. The molecule has 0 heterocycles. The summed E-state index contributed by atoms with van der Waals surface area (Å²) in [5.74, 6) is 2.86. The van der Waals surface area contributed by atoms with Gasteiger partial charge < -0.3 is 5.32 Å². The Balaban J connectivity index is 0.00000172. The van der Waals surface area contributed by atoms with Gasteiger partial charge in [-0.05, 0) is 79.6 Å². The highest BCUT2D eigenvalue weighted by Crippen LogP contribution is 2.69. The normalized spacial score (nSPS) is 41.8. The number of carbonyl (C=O) groups is 3. The molecule has 39 heavy (non-hydrogen) atoms. The van der Waals surface area contributed by atoms with E-state index in [9.17, 15) is 19.6 Å². The monoisotopic (exact) mass is 530 g/mol. The number of hydrogen-bond donors (Lipinski definition) is 1. The lowest BCUT2D eigenvalue weighted by Crippen LogP contribution is -2.60. The minimum Gasteiger partial charge on any atom is -0.345 e. The highest BCUT2D eigenvalue weighted by Gasteiger charge is 2.65. The minimum atomic E-state index is -0.649. The van der Waals surface area contributed by atoms with Crippen LogP contribution in [0.3, 0.4) is 0 Å². The number of Topliss-reactive ketones (excluding diaryl/α,β-unsaturated/α-hetero) is 1. The number of terminal acetylenes is 1. The molecule has 5 heteroatoms. The fraction of sp³-hybridized carbons (Fsp3) is 0.706. The van der Waals surface area contributed by atoms with Crippen molar-refractivity contribution in [2.24, 2.45) is 51.2 Å². The van der Waals surface area contributed by atoms with Gasteiger partial charge in [-0.3, -0.25) is 14.4 Å². The Morgan fingerprint density at radius 2 is 1.72 bits per heavy atom. The van der Waals surface area contributed by atoms with E-state index in [-0.39, 0.29) is 70.0 Å². The largest absolute Gasteiger partial charge is 0.345 e. The lowest BCUT2D eigenvalue weighted by Gasteiger charge is -2.64. The molecular weight excluding hydrogens is 484 g/mol. The van der Waals surface area contributed by atoms with E-state index < -0.39 is 10.8 Å². The van der Waals surface area contributed by atoms with Crippen LogP contribution in [0.4, 0.5) is 0 Å². The Hall–Kier alpha value is -2.66. The molecule has 5 aliphatic rings. The maximum atomic E-state index is 14.1. The Kier molecular flexibility index (Phi) is 7.57. The molecule has 5 rings (SSSR count). The van der Waals surface area contributed by atoms with Crippen LogP contribution in [0.25, 0.3) is 0 Å². The van der Waals surface area contributed by atoms with Crippen LogP contribution in [0.15, 0.2) is 23.3 Å². The van der Waals surface area contributed by atoms with Crippen molar-refractivity contribution in [2.45, 2.75) is 93.4 Å². The third-order valence-corrected chi connectivity index (χ3v) is 11.7. The zero-order valence-corrected chi connectivity index (χ0v) is 24.9. The highest BCUT2D eigenvalue weighted by molar-refractivity contribution is 6.04. The second-order valence-electron chi connectivity index (χ2n) is 13.8. The Morgan fingerprint density at radius 1 is 1.05 bits per heavy atom. The summed E-state index contributed by atoms with van der Waals surface area (Å²) in [6.45, 7) is 15.0. The number of allylic oxidation sites excluding steroid dienone is 4. The van der Waals surface area contributed by atoms with Crippen molar-refractivity contribution >= 4 is 17.5 Å². The van der Waals surface area contributed by atoms with Gasteiger partial charge in [0, 0.05) is 22.7 Å². The lowest BCUT2D eigenvalue weighted by atomic mass is 9.39. The van der Waals surface area contributed by atoms with Gasteiger partial charge in [-0.25, -0.2) is 0 Å². The lowest BCUT2D eigenvalue weighted by molar-refractivity contribution is -0.147. The summed E-state index contributed by atoms with van der Waals surface area (Å²) in [7, 11) is 0. The summed E-state index contributed by atoms with van der Waals surface area (Å²) < 4.78 is 0. The number of hydrogen-bond acceptors (Lipinski definition) is 4. The molecule has 210 valence electrons. The predicted molar refractivity (Wildman–Crippen MR) is 153 cm³/mol. The number of rotatable bonds is 2. The maximum Gasteiger partial charge on any atom is 0.223 e. The van der Waals surface area contributed by atoms with E-state index in [0.29, 0.717) is 0 Å². The van der Waals surface area contributed by atoms with E-state index in [1.807, 2.05) is 39.8 Å². The fourth-order valence-corrected chi connectivity index (χ4v) is 9.73. The third kappa shape index (κ3) is 4.23. The second kappa shape index (κ2) is 10.1. The van der Waals surface area contributed by atoms with Crippen LogP contribution in [0.1, 0.15) is 93.4 Å². The minimum absolute atomic E-state index is 0.0177. The SMILES string of the molecule is C#CCNC(=O)C1CCC2(C)CCC3C(C(=O)C=C4C5(C)C=C(C#N)C(=O)C(C)(C)C5CCC43C)C2C1.CC. The van der Waals surface area contributed by atoms with E-state index in [1.54, 1.807) is 0 Å². The van der Waals surface area contributed by atoms with Crippen molar-refractivity contribution in [1.29, 1.82) is 5.26 Å². The molecule has 8 atom stereocenters. The molecule has 0 spiro atoms. The summed E-state index contributed by atoms with van der Waals surface area (Å²) in [5, 5.41) is 12.7. The van der Waals surface area contributed by atoms with Gasteiger partial charge in [0.15, 0.2) is 11.6 Å². The molecule has 0 aromatic rings. The summed E-state index contributed by atoms with van der Waals surface area (Å²) >= 11 is 0. The molecular formula is C34H46N2O3. The molecule has 3 saturated carbocycles. The highest BCUT2D eigenvalue weighted by atomic mass is 16.2. The number of carbonyl (C=O) groups excluding carboxylic acids is 3. The number of amides is 1. The molecule has 1 amide bonds. The van der Waals surface area contributed by atoms with Crippen molar-refractivity contribution < 1.29 is 14.4 Å². The van der Waals surface area contributed by atoms with E-state index in [0.717, 1.165) is 50.5 Å². The first kappa shape index (κ1) is 29.3. The van der Waals surface area contributed by atoms with Crippen molar-refractivity contribution in [2.75, 3.05) is 6.54 Å². The summed E-state index contributed by atoms with van der Waals surface area (Å²) in [6.07, 6.45) is 15.6. The first-order valence-electron chi connectivity index (χ1n) is 15.0. The van der Waals surface area contributed by atoms with Gasteiger partial charge in [0.05, 0.1) is 12.1 Å². The number of ketones is 2. The molecule has 0 bridgehead atoms. The van der Waals surface area contributed by atoms with E-state index in [2.05, 4.69) is 38.1 Å². The molecule has 0 aromatic heterocycles. The van der Waals surface area contributed by atoms with Crippen LogP contribution in [-0.2, 0) is 14.4 Å². The molecule has 1 N–H and O–H groups in total. The maximum absolute atomic E-state index is 14.1. The predicted octanol–water partition coefficient (Wildman–Crippen LogP) is 6.20. The summed E-state index contributed by atoms with van der Waals surface area (Å²) in [6, 6.07) is 2.16. The molecule has 5 nitrogen and oxygen atoms in total. The van der Waals surface area contributed by atoms with Crippen molar-refractivity contribution in [3.8, 4) is 18.4 Å². The van der Waals surface area contributed by atoms with Crippen LogP contribution in [0.5, 0.6) is 0 Å². The van der Waals surface area contributed by atoms with Crippen LogP contribution in [-0.4, -0.2) is 24.0 Å². The molecule has 3 fully saturated rings. The smallest absolute Gasteiger partial charge is 0.223 e. The molecule has 0 aliphatic heterocycles. The quantitative estimate of drug-likeness (QED) is 0.431. The van der Waals surface area contributed by atoms with Crippen molar-refractivity contribution in [1.82, 2.24) is 5.32 Å². The molecule has 0 radical (unpaired) electrons. The fourth-order valence-electron chi connectivity index (χ4n) is 9.73. The van der Waals surface area contributed by atoms with Gasteiger partial charge in [-0.1, -0.05) is 66.0 Å². The Labute approximate surface area is 235 Å². The standard InChI is InChI=1S/C32H40N2O3.C2H6/c1-7-14-34-28(37)19-8-11-30(4)12-9-21-26(22(30)15-19)23(35)16-25-31(21,5)13-10-24-29(2,3)27(36)20(18-33)17-32(24,25)6;1-2/h1,16-17,19,21-22,24,26H,8-15H2,2-6H3,(H,34,37);1-2H3. The summed E-state index contributed by atoms with van der Waals surface area (Å²) in [4.78, 5) is 40.1. The Morgan fingerprint density at radius 3 is 2.36 bits per heavy atom. The number of fused-ring (bicyclic) bond motifs is 7. The number of nitrogens with zero attached hydrogens (tertiary/aromatic N) is 1. The topological polar surface area (TPSA) is 87.0 Å². The van der Waals surface area contributed by atoms with Gasteiger partial charge in [0.2, 0.25) is 5.91 Å². The molecule has 0 aromatic carbocycles. The summed E-state index contributed by atoms with van der Waals surface area (Å²) in [5.41, 5.74) is 0.101. The molecule has 5 aliphatic carbocycles. The average molecular weight is 531 g/mol. The zero-order chi connectivity index (χ0) is 29.0. The van der Waals surface area contributed by atoms with Crippen molar-refractivity contribution in [3.05, 3.63) is 23.3 Å². The first-order chi connectivity index (χ1) is 18.3. The van der Waals surface area contributed by atoms with E-state index in [4.69, 9.17) is 6.42 Å². The number of nitrogens with one attached hydrogen (secondary N) is 1. The van der Waals surface area contributed by atoms with Crippen LogP contribution in [0.2, 0.25) is 0 Å². The van der Waals surface area contributed by atoms with Gasteiger partial charge in [0.25, 0.3) is 0 Å². The van der Waals surface area contributed by atoms with Crippen LogP contribution in [0, 0.1) is 74.9 Å². The zero-order valence-electron chi connectivity index (χ0n) is 24.9. The third-order valence-electron chi connectivity index (χ3n) is 11.7. The van der Waals surface area contributed by atoms with E-state index >= 15 is 0 Å². The van der Waals surface area contributed by atoms with Crippen molar-refractivity contribution in [3.63, 3.8) is 0 Å². The van der Waals surface area contributed by atoms with Gasteiger partial charge in [-0.15, -0.1) is 6.42 Å². The second-order valence-corrected chi connectivity index (χ2v) is 13.8. The average Bonchev–Trinajstić information content (AvgIpc) is 2.91. The van der Waals surface area contributed by atoms with Gasteiger partial charge in [0.1, 0.15) is 6.07 Å². The van der Waals surface area contributed by atoms with Gasteiger partial charge >= 0.3 is 0 Å². The van der Waals surface area contributed by atoms with Gasteiger partial charge in [-0.2, -0.15) is 5.26 Å². The van der Waals surface area contributed by atoms with Crippen LogP contribution < -0.4 is 5.32 Å². The Bertz CT molecular complexity index is 1210. The van der Waals surface area contributed by atoms with E-state index in [1.165, 1.54) is 0 Å². The first-order valence-corrected chi connectivity index (χ1v) is 15.0.